The molecular formula is C17H24O5. The first-order chi connectivity index (χ1) is 10.2. The number of ether oxygens (including phenoxy) is 4. The molecule has 2 saturated heterocycles. The molecule has 0 radical (unpaired) electrons. The molecule has 3 atom stereocenters. The van der Waals surface area contributed by atoms with Crippen LogP contribution in [-0.2, 0) is 23.7 Å². The highest BCUT2D eigenvalue weighted by atomic mass is 16.7. The van der Waals surface area contributed by atoms with Crippen molar-refractivity contribution in [1.29, 1.82) is 0 Å². The molecule has 5 heteroatoms. The third-order valence-corrected chi connectivity index (χ3v) is 5.85. The van der Waals surface area contributed by atoms with Crippen LogP contribution in [0, 0.1) is 5.41 Å². The monoisotopic (exact) mass is 308 g/mol. The Balaban J connectivity index is 1.69. The topological polar surface area (TPSA) is 57.3 Å². The fraction of sp³-hybridized carbons (Fsp3) is 0.824. The molecule has 0 amide bonds. The smallest absolute Gasteiger partial charge is 0.331 e. The SMILES string of the molecule is CC1=CC(=O)OC(C23OC2(C)CC2(CC3(C)C)OCCO2)C1. The van der Waals surface area contributed by atoms with Gasteiger partial charge in [-0.1, -0.05) is 19.4 Å². The molecule has 0 aromatic heterocycles. The first-order valence-electron chi connectivity index (χ1n) is 8.08. The molecule has 0 aromatic carbocycles. The van der Waals surface area contributed by atoms with E-state index in [-0.39, 0.29) is 23.1 Å². The van der Waals surface area contributed by atoms with Crippen molar-refractivity contribution in [2.45, 2.75) is 70.1 Å². The normalized spacial score (nSPS) is 45.2. The number of hydrogen-bond donors (Lipinski definition) is 0. The molecule has 122 valence electrons. The van der Waals surface area contributed by atoms with E-state index in [0.29, 0.717) is 19.6 Å². The summed E-state index contributed by atoms with van der Waals surface area (Å²) in [5.74, 6) is -0.799. The van der Waals surface area contributed by atoms with E-state index in [1.165, 1.54) is 0 Å². The fourth-order valence-corrected chi connectivity index (χ4v) is 5.27. The summed E-state index contributed by atoms with van der Waals surface area (Å²) in [6, 6.07) is 0. The Bertz CT molecular complexity index is 559. The molecule has 0 N–H and O–H groups in total. The van der Waals surface area contributed by atoms with Crippen LogP contribution < -0.4 is 0 Å². The van der Waals surface area contributed by atoms with Gasteiger partial charge in [-0.2, -0.15) is 0 Å². The van der Waals surface area contributed by atoms with Gasteiger partial charge in [0.05, 0.1) is 13.2 Å². The van der Waals surface area contributed by atoms with Crippen molar-refractivity contribution >= 4 is 5.97 Å². The van der Waals surface area contributed by atoms with Crippen molar-refractivity contribution in [2.24, 2.45) is 5.41 Å². The van der Waals surface area contributed by atoms with Gasteiger partial charge in [-0.05, 0) is 13.8 Å². The molecule has 0 bridgehead atoms. The van der Waals surface area contributed by atoms with Gasteiger partial charge in [-0.3, -0.25) is 0 Å². The summed E-state index contributed by atoms with van der Waals surface area (Å²) in [6.07, 6.45) is 3.53. The third-order valence-electron chi connectivity index (χ3n) is 5.85. The van der Waals surface area contributed by atoms with Gasteiger partial charge in [0.1, 0.15) is 17.3 Å². The van der Waals surface area contributed by atoms with Gasteiger partial charge >= 0.3 is 5.97 Å². The maximum absolute atomic E-state index is 11.8. The molecule has 0 aromatic rings. The van der Waals surface area contributed by atoms with Crippen LogP contribution in [0.4, 0.5) is 0 Å². The van der Waals surface area contributed by atoms with Crippen LogP contribution in [0.15, 0.2) is 11.6 Å². The minimum Gasteiger partial charge on any atom is -0.456 e. The predicted octanol–water partition coefficient (Wildman–Crippen LogP) is 2.34. The molecule has 1 saturated carbocycles. The van der Waals surface area contributed by atoms with Gasteiger partial charge in [0.25, 0.3) is 0 Å². The first-order valence-corrected chi connectivity index (χ1v) is 8.08. The number of rotatable bonds is 1. The van der Waals surface area contributed by atoms with E-state index in [1.807, 2.05) is 6.92 Å². The van der Waals surface area contributed by atoms with Crippen LogP contribution in [0.3, 0.4) is 0 Å². The summed E-state index contributed by atoms with van der Waals surface area (Å²) in [7, 11) is 0. The van der Waals surface area contributed by atoms with E-state index in [1.54, 1.807) is 6.08 Å². The highest BCUT2D eigenvalue weighted by Gasteiger charge is 2.83. The minimum absolute atomic E-state index is 0.201. The summed E-state index contributed by atoms with van der Waals surface area (Å²) in [6.45, 7) is 9.70. The Labute approximate surface area is 130 Å². The molecule has 1 aliphatic carbocycles. The summed E-state index contributed by atoms with van der Waals surface area (Å²) >= 11 is 0. The lowest BCUT2D eigenvalue weighted by Gasteiger charge is -2.48. The van der Waals surface area contributed by atoms with Crippen molar-refractivity contribution in [3.8, 4) is 0 Å². The molecule has 4 aliphatic rings. The summed E-state index contributed by atoms with van der Waals surface area (Å²) < 4.78 is 23.9. The van der Waals surface area contributed by atoms with E-state index in [4.69, 9.17) is 18.9 Å². The average Bonchev–Trinajstić information content (AvgIpc) is 2.79. The highest BCUT2D eigenvalue weighted by Crippen LogP contribution is 2.70. The van der Waals surface area contributed by atoms with Crippen molar-refractivity contribution < 1.29 is 23.7 Å². The van der Waals surface area contributed by atoms with Crippen LogP contribution >= 0.6 is 0 Å². The maximum atomic E-state index is 11.8. The Hall–Kier alpha value is -0.910. The van der Waals surface area contributed by atoms with Crippen molar-refractivity contribution in [2.75, 3.05) is 13.2 Å². The minimum atomic E-state index is -0.540. The summed E-state index contributed by atoms with van der Waals surface area (Å²) in [5.41, 5.74) is 0.0262. The first kappa shape index (κ1) is 14.7. The molecule has 3 fully saturated rings. The molecule has 3 heterocycles. The van der Waals surface area contributed by atoms with Crippen LogP contribution in [0.2, 0.25) is 0 Å². The highest BCUT2D eigenvalue weighted by molar-refractivity contribution is 5.84. The zero-order valence-corrected chi connectivity index (χ0v) is 13.7. The number of carbonyl (C=O) groups is 1. The van der Waals surface area contributed by atoms with Gasteiger partial charge < -0.3 is 18.9 Å². The molecule has 1 spiro atoms. The van der Waals surface area contributed by atoms with Crippen LogP contribution in [0.25, 0.3) is 0 Å². The molecule has 3 aliphatic heterocycles. The zero-order chi connectivity index (χ0) is 15.8. The van der Waals surface area contributed by atoms with Gasteiger partial charge in [0.2, 0.25) is 0 Å². The lowest BCUT2D eigenvalue weighted by molar-refractivity contribution is -0.211. The molecule has 4 rings (SSSR count). The number of cyclic esters (lactones) is 1. The summed E-state index contributed by atoms with van der Waals surface area (Å²) in [4.78, 5) is 11.8. The zero-order valence-electron chi connectivity index (χ0n) is 13.7. The van der Waals surface area contributed by atoms with Crippen LogP contribution in [0.5, 0.6) is 0 Å². The largest absolute Gasteiger partial charge is 0.456 e. The Morgan fingerprint density at radius 2 is 1.82 bits per heavy atom. The van der Waals surface area contributed by atoms with E-state index in [9.17, 15) is 4.79 Å². The van der Waals surface area contributed by atoms with Gasteiger partial charge in [0.15, 0.2) is 5.79 Å². The number of hydrogen-bond acceptors (Lipinski definition) is 5. The van der Waals surface area contributed by atoms with Gasteiger partial charge in [-0.25, -0.2) is 4.79 Å². The lowest BCUT2D eigenvalue weighted by Crippen LogP contribution is -2.59. The van der Waals surface area contributed by atoms with Crippen molar-refractivity contribution in [3.05, 3.63) is 11.6 Å². The van der Waals surface area contributed by atoms with Crippen molar-refractivity contribution in [1.82, 2.24) is 0 Å². The van der Waals surface area contributed by atoms with Crippen LogP contribution in [0.1, 0.15) is 47.0 Å². The van der Waals surface area contributed by atoms with E-state index >= 15 is 0 Å². The lowest BCUT2D eigenvalue weighted by atomic mass is 9.59. The standard InChI is InChI=1S/C17H24O5/c1-11-7-12(21-13(18)8-11)17-14(2,3)9-16(19-5-6-20-16)10-15(17,4)22-17/h8,12H,5-7,9-10H2,1-4H3. The number of epoxide rings is 1. The van der Waals surface area contributed by atoms with Crippen LogP contribution in [-0.4, -0.2) is 42.3 Å². The van der Waals surface area contributed by atoms with E-state index in [2.05, 4.69) is 20.8 Å². The maximum Gasteiger partial charge on any atom is 0.331 e. The van der Waals surface area contributed by atoms with Crippen molar-refractivity contribution in [3.63, 3.8) is 0 Å². The average molecular weight is 308 g/mol. The van der Waals surface area contributed by atoms with Gasteiger partial charge in [-0.15, -0.1) is 0 Å². The number of esters is 1. The Morgan fingerprint density at radius 3 is 2.41 bits per heavy atom. The fourth-order valence-electron chi connectivity index (χ4n) is 5.27. The van der Waals surface area contributed by atoms with E-state index in [0.717, 1.165) is 18.4 Å². The van der Waals surface area contributed by atoms with E-state index < -0.39 is 11.4 Å². The predicted molar refractivity (Wildman–Crippen MR) is 78.1 cm³/mol. The second-order valence-corrected chi connectivity index (χ2v) is 8.03. The summed E-state index contributed by atoms with van der Waals surface area (Å²) in [5, 5.41) is 0. The number of carbonyl (C=O) groups excluding carboxylic acids is 1. The second kappa shape index (κ2) is 4.13. The number of fused-ring (bicyclic) bond motifs is 1. The molecule has 5 nitrogen and oxygen atoms in total. The quantitative estimate of drug-likeness (QED) is 0.550. The van der Waals surface area contributed by atoms with Gasteiger partial charge in [0, 0.05) is 30.8 Å². The molecule has 3 unspecified atom stereocenters. The third kappa shape index (κ3) is 1.73. The second-order valence-electron chi connectivity index (χ2n) is 8.03. The molecular weight excluding hydrogens is 284 g/mol. The molecule has 22 heavy (non-hydrogen) atoms. The Morgan fingerprint density at radius 1 is 1.14 bits per heavy atom. The Kier molecular flexibility index (Phi) is 2.76.